The lowest BCUT2D eigenvalue weighted by Gasteiger charge is -2.33. The maximum atomic E-state index is 3.47. The zero-order valence-electron chi connectivity index (χ0n) is 10.2. The van der Waals surface area contributed by atoms with Gasteiger partial charge in [0.05, 0.1) is 0 Å². The first-order valence-electron chi connectivity index (χ1n) is 6.30. The minimum Gasteiger partial charge on any atom is -0.361 e. The second-order valence-corrected chi connectivity index (χ2v) is 4.90. The summed E-state index contributed by atoms with van der Waals surface area (Å²) in [5, 5.41) is 4.84. The van der Waals surface area contributed by atoms with E-state index in [2.05, 4.69) is 52.7 Å². The standard InChI is InChI=1S/C14H19N3/c1-17-7-6-15-10-12(17)8-11-9-16-14-5-3-2-4-13(11)14/h2-5,9,12,15-16H,6-8,10H2,1H3/t12-/m0/s1. The van der Waals surface area contributed by atoms with Crippen LogP contribution in [0, 0.1) is 0 Å². The first-order valence-corrected chi connectivity index (χ1v) is 6.30. The molecular formula is C14H19N3. The minimum absolute atomic E-state index is 0.614. The van der Waals surface area contributed by atoms with Gasteiger partial charge in [0, 0.05) is 42.8 Å². The molecule has 3 heteroatoms. The van der Waals surface area contributed by atoms with Crippen LogP contribution in [0.5, 0.6) is 0 Å². The van der Waals surface area contributed by atoms with Gasteiger partial charge >= 0.3 is 0 Å². The molecule has 1 aliphatic heterocycles. The van der Waals surface area contributed by atoms with Crippen molar-refractivity contribution in [1.29, 1.82) is 0 Å². The Morgan fingerprint density at radius 1 is 1.35 bits per heavy atom. The summed E-state index contributed by atoms with van der Waals surface area (Å²) in [4.78, 5) is 5.81. The van der Waals surface area contributed by atoms with Crippen LogP contribution < -0.4 is 5.32 Å². The number of hydrogen-bond donors (Lipinski definition) is 2. The van der Waals surface area contributed by atoms with Crippen molar-refractivity contribution in [2.45, 2.75) is 12.5 Å². The van der Waals surface area contributed by atoms with Gasteiger partial charge in [0.2, 0.25) is 0 Å². The first-order chi connectivity index (χ1) is 8.34. The number of H-pyrrole nitrogens is 1. The van der Waals surface area contributed by atoms with Crippen LogP contribution in [0.3, 0.4) is 0 Å². The highest BCUT2D eigenvalue weighted by Crippen LogP contribution is 2.20. The smallest absolute Gasteiger partial charge is 0.0456 e. The summed E-state index contributed by atoms with van der Waals surface area (Å²) in [7, 11) is 2.22. The number of nitrogens with zero attached hydrogens (tertiary/aromatic N) is 1. The molecule has 0 unspecified atom stereocenters. The number of piperazine rings is 1. The van der Waals surface area contributed by atoms with Gasteiger partial charge in [-0.2, -0.15) is 0 Å². The molecular weight excluding hydrogens is 210 g/mol. The van der Waals surface area contributed by atoms with E-state index in [1.165, 1.54) is 16.5 Å². The third-order valence-corrected chi connectivity index (χ3v) is 3.78. The molecule has 2 heterocycles. The monoisotopic (exact) mass is 229 g/mol. The van der Waals surface area contributed by atoms with E-state index in [1.54, 1.807) is 0 Å². The largest absolute Gasteiger partial charge is 0.361 e. The van der Waals surface area contributed by atoms with Crippen molar-refractivity contribution >= 4 is 10.9 Å². The van der Waals surface area contributed by atoms with Crippen molar-refractivity contribution in [2.75, 3.05) is 26.7 Å². The van der Waals surface area contributed by atoms with E-state index in [0.717, 1.165) is 26.1 Å². The van der Waals surface area contributed by atoms with E-state index in [9.17, 15) is 0 Å². The molecule has 1 fully saturated rings. The number of likely N-dealkylation sites (N-methyl/N-ethyl adjacent to an activating group) is 1. The third-order valence-electron chi connectivity index (χ3n) is 3.78. The highest BCUT2D eigenvalue weighted by atomic mass is 15.2. The molecule has 0 spiro atoms. The fourth-order valence-corrected chi connectivity index (χ4v) is 2.64. The third kappa shape index (κ3) is 2.08. The maximum absolute atomic E-state index is 3.47. The SMILES string of the molecule is CN1CCNC[C@@H]1Cc1c[nH]c2ccccc12. The molecule has 1 atom stereocenters. The van der Waals surface area contributed by atoms with E-state index < -0.39 is 0 Å². The van der Waals surface area contributed by atoms with Crippen LogP contribution in [-0.2, 0) is 6.42 Å². The molecule has 1 aromatic carbocycles. The lowest BCUT2D eigenvalue weighted by molar-refractivity contribution is 0.199. The van der Waals surface area contributed by atoms with Gasteiger partial charge in [-0.15, -0.1) is 0 Å². The topological polar surface area (TPSA) is 31.1 Å². The Hall–Kier alpha value is -1.32. The molecule has 17 heavy (non-hydrogen) atoms. The number of benzene rings is 1. The zero-order valence-corrected chi connectivity index (χ0v) is 10.2. The Bertz CT molecular complexity index is 503. The molecule has 0 amide bonds. The second-order valence-electron chi connectivity index (χ2n) is 4.90. The minimum atomic E-state index is 0.614. The molecule has 0 saturated carbocycles. The van der Waals surface area contributed by atoms with Crippen molar-refractivity contribution in [1.82, 2.24) is 15.2 Å². The summed E-state index contributed by atoms with van der Waals surface area (Å²) < 4.78 is 0. The van der Waals surface area contributed by atoms with Crippen LogP contribution in [0.2, 0.25) is 0 Å². The summed E-state index contributed by atoms with van der Waals surface area (Å²) in [6, 6.07) is 9.15. The maximum Gasteiger partial charge on any atom is 0.0456 e. The molecule has 90 valence electrons. The molecule has 3 rings (SSSR count). The van der Waals surface area contributed by atoms with Crippen LogP contribution in [0.25, 0.3) is 10.9 Å². The van der Waals surface area contributed by atoms with Gasteiger partial charge in [-0.05, 0) is 25.1 Å². The van der Waals surface area contributed by atoms with E-state index in [4.69, 9.17) is 0 Å². The van der Waals surface area contributed by atoms with E-state index in [-0.39, 0.29) is 0 Å². The molecule has 2 aromatic rings. The number of hydrogen-bond acceptors (Lipinski definition) is 2. The number of para-hydroxylation sites is 1. The predicted molar refractivity (Wildman–Crippen MR) is 71.3 cm³/mol. The Morgan fingerprint density at radius 2 is 2.24 bits per heavy atom. The molecule has 2 N–H and O–H groups in total. The Balaban J connectivity index is 1.84. The summed E-state index contributed by atoms with van der Waals surface area (Å²) in [6.45, 7) is 3.35. The van der Waals surface area contributed by atoms with Gasteiger partial charge < -0.3 is 15.2 Å². The van der Waals surface area contributed by atoms with Crippen molar-refractivity contribution in [3.8, 4) is 0 Å². The van der Waals surface area contributed by atoms with Gasteiger partial charge in [0.25, 0.3) is 0 Å². The van der Waals surface area contributed by atoms with Gasteiger partial charge in [0.15, 0.2) is 0 Å². The summed E-state index contributed by atoms with van der Waals surface area (Å²) in [5.41, 5.74) is 2.68. The first kappa shape index (κ1) is 10.8. The van der Waals surface area contributed by atoms with E-state index in [0.29, 0.717) is 6.04 Å². The zero-order chi connectivity index (χ0) is 11.7. The highest BCUT2D eigenvalue weighted by molar-refractivity contribution is 5.83. The fourth-order valence-electron chi connectivity index (χ4n) is 2.64. The Kier molecular flexibility index (Phi) is 2.87. The number of aromatic nitrogens is 1. The van der Waals surface area contributed by atoms with Gasteiger partial charge in [0.1, 0.15) is 0 Å². The van der Waals surface area contributed by atoms with Crippen molar-refractivity contribution < 1.29 is 0 Å². The summed E-state index contributed by atoms with van der Waals surface area (Å²) in [6.07, 6.45) is 3.28. The number of rotatable bonds is 2. The van der Waals surface area contributed by atoms with Crippen LogP contribution >= 0.6 is 0 Å². The van der Waals surface area contributed by atoms with Gasteiger partial charge in [-0.3, -0.25) is 0 Å². The van der Waals surface area contributed by atoms with Crippen LogP contribution in [0.15, 0.2) is 30.5 Å². The van der Waals surface area contributed by atoms with E-state index in [1.807, 2.05) is 0 Å². The normalized spacial score (nSPS) is 22.1. The molecule has 1 aliphatic rings. The lowest BCUT2D eigenvalue weighted by atomic mass is 10.0. The lowest BCUT2D eigenvalue weighted by Crippen LogP contribution is -2.50. The van der Waals surface area contributed by atoms with Crippen molar-refractivity contribution in [3.63, 3.8) is 0 Å². The molecule has 1 saturated heterocycles. The molecule has 0 bridgehead atoms. The van der Waals surface area contributed by atoms with Crippen molar-refractivity contribution in [3.05, 3.63) is 36.0 Å². The van der Waals surface area contributed by atoms with Crippen LogP contribution in [0.1, 0.15) is 5.56 Å². The predicted octanol–water partition coefficient (Wildman–Crippen LogP) is 1.61. The Labute approximate surface area is 102 Å². The summed E-state index contributed by atoms with van der Waals surface area (Å²) in [5.74, 6) is 0. The average molecular weight is 229 g/mol. The number of nitrogens with one attached hydrogen (secondary N) is 2. The van der Waals surface area contributed by atoms with E-state index >= 15 is 0 Å². The number of fused-ring (bicyclic) bond motifs is 1. The molecule has 0 radical (unpaired) electrons. The molecule has 1 aromatic heterocycles. The number of aromatic amines is 1. The van der Waals surface area contributed by atoms with Gasteiger partial charge in [-0.25, -0.2) is 0 Å². The second kappa shape index (κ2) is 4.51. The summed E-state index contributed by atoms with van der Waals surface area (Å²) >= 11 is 0. The van der Waals surface area contributed by atoms with Crippen molar-refractivity contribution in [2.24, 2.45) is 0 Å². The molecule has 3 nitrogen and oxygen atoms in total. The highest BCUT2D eigenvalue weighted by Gasteiger charge is 2.19. The van der Waals surface area contributed by atoms with Crippen LogP contribution in [-0.4, -0.2) is 42.6 Å². The quantitative estimate of drug-likeness (QED) is 0.820. The Morgan fingerprint density at radius 3 is 3.12 bits per heavy atom. The fraction of sp³-hybridized carbons (Fsp3) is 0.429. The van der Waals surface area contributed by atoms with Crippen LogP contribution in [0.4, 0.5) is 0 Å². The average Bonchev–Trinajstić information content (AvgIpc) is 2.76. The molecule has 0 aliphatic carbocycles. The van der Waals surface area contributed by atoms with Gasteiger partial charge in [-0.1, -0.05) is 18.2 Å².